The highest BCUT2D eigenvalue weighted by Crippen LogP contribution is 2.28. The molecule has 0 saturated heterocycles. The molecule has 2 rings (SSSR count). The minimum Gasteiger partial charge on any atom is -0.501 e. The fourth-order valence-electron chi connectivity index (χ4n) is 3.65. The molecule has 0 saturated carbocycles. The first-order valence-electron chi connectivity index (χ1n) is 11.5. The summed E-state index contributed by atoms with van der Waals surface area (Å²) < 4.78 is 10.4. The fraction of sp³-hybridized carbons (Fsp3) is 0.407. The van der Waals surface area contributed by atoms with Gasteiger partial charge < -0.3 is 19.9 Å². The second-order valence-electron chi connectivity index (χ2n) is 7.90. The van der Waals surface area contributed by atoms with Crippen molar-refractivity contribution >= 4 is 11.5 Å². The summed E-state index contributed by atoms with van der Waals surface area (Å²) in [7, 11) is 1.62. The van der Waals surface area contributed by atoms with Crippen LogP contribution in [0.3, 0.4) is 0 Å². The van der Waals surface area contributed by atoms with Crippen molar-refractivity contribution in [3.8, 4) is 0 Å². The Morgan fingerprint density at radius 2 is 1.82 bits per heavy atom. The lowest BCUT2D eigenvalue weighted by Gasteiger charge is -2.12. The van der Waals surface area contributed by atoms with E-state index < -0.39 is 0 Å². The number of carbonyl (C=O) groups excluding carboxylic acids is 1. The number of allylic oxidation sites excluding steroid dienone is 10. The predicted molar refractivity (Wildman–Crippen MR) is 135 cm³/mol. The summed E-state index contributed by atoms with van der Waals surface area (Å²) in [6.45, 7) is 9.31. The van der Waals surface area contributed by atoms with Gasteiger partial charge in [0.05, 0.1) is 12.9 Å². The Kier molecular flexibility index (Phi) is 11.2. The van der Waals surface area contributed by atoms with Gasteiger partial charge in [-0.1, -0.05) is 41.6 Å². The van der Waals surface area contributed by atoms with Gasteiger partial charge in [0.2, 0.25) is 5.76 Å². The molecule has 0 spiro atoms. The van der Waals surface area contributed by atoms with Crippen molar-refractivity contribution in [2.45, 2.75) is 53.0 Å². The maximum atomic E-state index is 12.4. The van der Waals surface area contributed by atoms with E-state index in [2.05, 4.69) is 53.9 Å². The van der Waals surface area contributed by atoms with E-state index in [-0.39, 0.29) is 11.7 Å². The van der Waals surface area contributed by atoms with Crippen LogP contribution in [0, 0.1) is 0 Å². The number of ether oxygens (including phenoxy) is 1. The smallest absolute Gasteiger partial charge is 0.289 e. The third kappa shape index (κ3) is 8.39. The molecule has 1 amide bonds. The van der Waals surface area contributed by atoms with Gasteiger partial charge in [-0.2, -0.15) is 0 Å². The first-order chi connectivity index (χ1) is 16.0. The van der Waals surface area contributed by atoms with Crippen LogP contribution in [0.5, 0.6) is 0 Å². The van der Waals surface area contributed by atoms with Gasteiger partial charge in [-0.25, -0.2) is 0 Å². The molecule has 0 radical (unpaired) electrons. The minimum absolute atomic E-state index is 0.202. The van der Waals surface area contributed by atoms with Crippen LogP contribution >= 0.6 is 0 Å². The van der Waals surface area contributed by atoms with Crippen LogP contribution in [0.4, 0.5) is 0 Å². The summed E-state index contributed by atoms with van der Waals surface area (Å²) in [5.74, 6) is 0.717. The Morgan fingerprint density at radius 3 is 2.42 bits per heavy atom. The zero-order valence-corrected chi connectivity index (χ0v) is 20.5. The van der Waals surface area contributed by atoms with Crippen LogP contribution in [0.15, 0.2) is 76.1 Å². The van der Waals surface area contributed by atoms with E-state index in [4.69, 9.17) is 9.26 Å². The number of hydrogen-bond acceptors (Lipinski definition) is 5. The van der Waals surface area contributed by atoms with Crippen LogP contribution in [-0.4, -0.2) is 37.3 Å². The third-order valence-corrected chi connectivity index (χ3v) is 5.35. The van der Waals surface area contributed by atoms with Gasteiger partial charge in [0, 0.05) is 24.2 Å². The number of carbonyl (C=O) groups is 1. The SMILES string of the molecule is C/C=C\C1=C(/C=C\C)CC(NCCCNC(=O)c2cc(C(/C=C\C)=C/C=C(\C)OC)no2)C1. The van der Waals surface area contributed by atoms with Crippen LogP contribution in [0.25, 0.3) is 5.57 Å². The molecule has 1 heterocycles. The van der Waals surface area contributed by atoms with Crippen LogP contribution in [0.1, 0.15) is 63.2 Å². The highest BCUT2D eigenvalue weighted by molar-refractivity contribution is 5.92. The number of methoxy groups -OCH3 is 1. The van der Waals surface area contributed by atoms with Gasteiger partial charge in [-0.05, 0) is 76.8 Å². The minimum atomic E-state index is -0.259. The number of rotatable bonds is 12. The van der Waals surface area contributed by atoms with E-state index in [1.54, 1.807) is 13.2 Å². The maximum absolute atomic E-state index is 12.4. The summed E-state index contributed by atoms with van der Waals surface area (Å²) >= 11 is 0. The molecule has 0 fully saturated rings. The fourth-order valence-corrected chi connectivity index (χ4v) is 3.65. The van der Waals surface area contributed by atoms with Gasteiger partial charge in [0.1, 0.15) is 5.69 Å². The molecule has 1 aromatic heterocycles. The normalized spacial score (nSPS) is 16.2. The average molecular weight is 452 g/mol. The summed E-state index contributed by atoms with van der Waals surface area (Å²) in [6.07, 6.45) is 19.1. The predicted octanol–water partition coefficient (Wildman–Crippen LogP) is 5.51. The van der Waals surface area contributed by atoms with Crippen molar-refractivity contribution in [3.05, 3.63) is 83.0 Å². The van der Waals surface area contributed by atoms with E-state index in [0.717, 1.165) is 37.1 Å². The summed E-state index contributed by atoms with van der Waals surface area (Å²) in [6, 6.07) is 2.10. The van der Waals surface area contributed by atoms with E-state index in [9.17, 15) is 4.79 Å². The van der Waals surface area contributed by atoms with Gasteiger partial charge in [0.25, 0.3) is 5.91 Å². The number of nitrogens with one attached hydrogen (secondary N) is 2. The Morgan fingerprint density at radius 1 is 1.12 bits per heavy atom. The highest BCUT2D eigenvalue weighted by atomic mass is 16.5. The lowest BCUT2D eigenvalue weighted by atomic mass is 10.1. The van der Waals surface area contributed by atoms with Crippen LogP contribution < -0.4 is 10.6 Å². The molecule has 33 heavy (non-hydrogen) atoms. The topological polar surface area (TPSA) is 76.4 Å². The van der Waals surface area contributed by atoms with Crippen molar-refractivity contribution in [3.63, 3.8) is 0 Å². The average Bonchev–Trinajstić information content (AvgIpc) is 3.44. The molecule has 0 bridgehead atoms. The van der Waals surface area contributed by atoms with Gasteiger partial charge >= 0.3 is 0 Å². The lowest BCUT2D eigenvalue weighted by Crippen LogP contribution is -2.31. The molecule has 1 aromatic rings. The van der Waals surface area contributed by atoms with Gasteiger partial charge in [-0.3, -0.25) is 4.79 Å². The molecule has 1 aliphatic carbocycles. The maximum Gasteiger partial charge on any atom is 0.289 e. The summed E-state index contributed by atoms with van der Waals surface area (Å²) in [4.78, 5) is 12.4. The van der Waals surface area contributed by atoms with Gasteiger partial charge in [-0.15, -0.1) is 0 Å². The molecule has 6 heteroatoms. The van der Waals surface area contributed by atoms with Crippen molar-refractivity contribution in [2.75, 3.05) is 20.2 Å². The molecule has 178 valence electrons. The number of hydrogen-bond donors (Lipinski definition) is 2. The largest absolute Gasteiger partial charge is 0.501 e. The number of nitrogens with zero attached hydrogens (tertiary/aromatic N) is 1. The molecule has 0 unspecified atom stereocenters. The van der Waals surface area contributed by atoms with E-state index in [1.807, 2.05) is 38.2 Å². The zero-order chi connectivity index (χ0) is 24.1. The molecule has 0 aromatic carbocycles. The molecule has 0 atom stereocenters. The standard InChI is InChI=1S/C27H37N3O3/c1-6-10-21(14-13-20(4)32-5)25-19-26(33-30-25)27(31)29-16-9-15-28-24-17-22(11-7-2)23(18-24)12-8-3/h6-8,10-14,19,24,28H,9,15-18H2,1-5H3,(H,29,31)/b10-6-,11-7-,12-8-,20-13+,21-14+. The van der Waals surface area contributed by atoms with Gasteiger partial charge in [0.15, 0.2) is 0 Å². The Balaban J connectivity index is 1.80. The summed E-state index contributed by atoms with van der Waals surface area (Å²) in [5, 5.41) is 10.6. The molecule has 6 nitrogen and oxygen atoms in total. The quantitative estimate of drug-likeness (QED) is 0.249. The Labute approximate surface area is 197 Å². The van der Waals surface area contributed by atoms with E-state index in [1.165, 1.54) is 11.1 Å². The van der Waals surface area contributed by atoms with E-state index in [0.29, 0.717) is 18.3 Å². The number of amides is 1. The van der Waals surface area contributed by atoms with Crippen molar-refractivity contribution in [1.29, 1.82) is 0 Å². The molecular formula is C27H37N3O3. The Hall–Kier alpha value is -3.12. The monoisotopic (exact) mass is 451 g/mol. The second-order valence-corrected chi connectivity index (χ2v) is 7.90. The molecule has 2 N–H and O–H groups in total. The molecule has 0 aliphatic heterocycles. The first-order valence-corrected chi connectivity index (χ1v) is 11.5. The molecular weight excluding hydrogens is 414 g/mol. The number of aromatic nitrogens is 1. The summed E-state index contributed by atoms with van der Waals surface area (Å²) in [5.41, 5.74) is 4.24. The lowest BCUT2D eigenvalue weighted by molar-refractivity contribution is 0.0916. The van der Waals surface area contributed by atoms with Crippen LogP contribution in [-0.2, 0) is 4.74 Å². The van der Waals surface area contributed by atoms with Crippen LogP contribution in [0.2, 0.25) is 0 Å². The van der Waals surface area contributed by atoms with Crippen molar-refractivity contribution < 1.29 is 14.1 Å². The highest BCUT2D eigenvalue weighted by Gasteiger charge is 2.20. The molecule has 1 aliphatic rings. The third-order valence-electron chi connectivity index (χ3n) is 5.35. The van der Waals surface area contributed by atoms with E-state index >= 15 is 0 Å². The first kappa shape index (κ1) is 26.1. The van der Waals surface area contributed by atoms with Crippen molar-refractivity contribution in [2.24, 2.45) is 0 Å². The van der Waals surface area contributed by atoms with Crippen molar-refractivity contribution in [1.82, 2.24) is 15.8 Å². The second kappa shape index (κ2) is 14.1. The zero-order valence-electron chi connectivity index (χ0n) is 20.5. The Bertz CT molecular complexity index is 937.